The summed E-state index contributed by atoms with van der Waals surface area (Å²) in [4.78, 5) is 17.3. The maximum absolute atomic E-state index is 12.9. The summed E-state index contributed by atoms with van der Waals surface area (Å²) in [5.41, 5.74) is 1.79. The molecule has 3 fully saturated rings. The SMILES string of the molecule is O=C1C[C@H]2N(Cc3ccccc3Cl)CC[C@]23OC[C@@H](c2ccccc2)N13. The summed E-state index contributed by atoms with van der Waals surface area (Å²) in [5.74, 6) is 0.199. The highest BCUT2D eigenvalue weighted by Crippen LogP contribution is 2.51. The van der Waals surface area contributed by atoms with Crippen molar-refractivity contribution < 1.29 is 9.53 Å². The summed E-state index contributed by atoms with van der Waals surface area (Å²) in [7, 11) is 0. The molecule has 0 saturated carbocycles. The van der Waals surface area contributed by atoms with E-state index < -0.39 is 5.72 Å². The number of rotatable bonds is 3. The van der Waals surface area contributed by atoms with Gasteiger partial charge in [-0.25, -0.2) is 0 Å². The van der Waals surface area contributed by atoms with Crippen LogP contribution in [0.15, 0.2) is 54.6 Å². The lowest BCUT2D eigenvalue weighted by Crippen LogP contribution is -2.48. The van der Waals surface area contributed by atoms with Gasteiger partial charge in [0, 0.05) is 31.0 Å². The Bertz CT molecular complexity index is 843. The normalized spacial score (nSPS) is 30.7. The molecule has 3 atom stereocenters. The summed E-state index contributed by atoms with van der Waals surface area (Å²) >= 11 is 6.35. The number of ether oxygens (including phenoxy) is 1. The minimum Gasteiger partial charge on any atom is -0.351 e. The number of halogens is 1. The first-order valence-electron chi connectivity index (χ1n) is 9.17. The molecule has 0 aromatic heterocycles. The van der Waals surface area contributed by atoms with Crippen LogP contribution in [0, 0.1) is 0 Å². The van der Waals surface area contributed by atoms with E-state index in [2.05, 4.69) is 23.1 Å². The number of hydrogen-bond donors (Lipinski definition) is 0. The van der Waals surface area contributed by atoms with Gasteiger partial charge in [0.1, 0.15) is 0 Å². The maximum Gasteiger partial charge on any atom is 0.227 e. The zero-order valence-corrected chi connectivity index (χ0v) is 15.2. The van der Waals surface area contributed by atoms with Crippen LogP contribution < -0.4 is 0 Å². The molecule has 0 radical (unpaired) electrons. The number of likely N-dealkylation sites (tertiary alicyclic amines) is 1. The Balaban J connectivity index is 1.43. The zero-order chi connectivity index (χ0) is 17.7. The van der Waals surface area contributed by atoms with Crippen LogP contribution in [0.5, 0.6) is 0 Å². The summed E-state index contributed by atoms with van der Waals surface area (Å²) in [6.45, 7) is 2.25. The Kier molecular flexibility index (Phi) is 3.82. The van der Waals surface area contributed by atoms with Gasteiger partial charge in [0.15, 0.2) is 5.72 Å². The van der Waals surface area contributed by atoms with Crippen LogP contribution in [0.3, 0.4) is 0 Å². The van der Waals surface area contributed by atoms with Gasteiger partial charge < -0.3 is 9.64 Å². The van der Waals surface area contributed by atoms with E-state index in [-0.39, 0.29) is 18.0 Å². The summed E-state index contributed by atoms with van der Waals surface area (Å²) in [6.07, 6.45) is 1.38. The second kappa shape index (κ2) is 6.08. The standard InChI is InChI=1S/C21H21ClN2O2/c22-17-9-5-4-8-16(17)13-23-11-10-21-19(23)12-20(25)24(21)18(14-26-21)15-6-2-1-3-7-15/h1-9,18-19H,10-14H2/t18-,19+,21-/m0/s1. The van der Waals surface area contributed by atoms with Crippen LogP contribution in [0.4, 0.5) is 0 Å². The molecule has 3 aliphatic rings. The molecule has 0 unspecified atom stereocenters. The third-order valence-electron chi connectivity index (χ3n) is 6.08. The highest BCUT2D eigenvalue weighted by molar-refractivity contribution is 6.31. The van der Waals surface area contributed by atoms with Gasteiger partial charge in [0.05, 0.1) is 18.7 Å². The lowest BCUT2D eigenvalue weighted by atomic mass is 10.0. The van der Waals surface area contributed by atoms with Crippen molar-refractivity contribution in [1.29, 1.82) is 0 Å². The molecule has 3 aliphatic heterocycles. The van der Waals surface area contributed by atoms with Crippen LogP contribution in [0.2, 0.25) is 5.02 Å². The highest BCUT2D eigenvalue weighted by atomic mass is 35.5. The summed E-state index contributed by atoms with van der Waals surface area (Å²) < 4.78 is 6.35. The zero-order valence-electron chi connectivity index (χ0n) is 14.5. The van der Waals surface area contributed by atoms with Crippen LogP contribution in [0.25, 0.3) is 0 Å². The molecule has 2 aromatic rings. The van der Waals surface area contributed by atoms with Gasteiger partial charge >= 0.3 is 0 Å². The first-order valence-corrected chi connectivity index (χ1v) is 9.55. The molecule has 2 aromatic carbocycles. The monoisotopic (exact) mass is 368 g/mol. The third-order valence-corrected chi connectivity index (χ3v) is 6.45. The number of carbonyl (C=O) groups is 1. The largest absolute Gasteiger partial charge is 0.351 e. The van der Waals surface area contributed by atoms with Gasteiger partial charge in [0.2, 0.25) is 5.91 Å². The fourth-order valence-electron chi connectivity index (χ4n) is 4.88. The number of amides is 1. The lowest BCUT2D eigenvalue weighted by Gasteiger charge is -2.33. The Morgan fingerprint density at radius 2 is 1.88 bits per heavy atom. The molecule has 0 bridgehead atoms. The molecule has 4 nitrogen and oxygen atoms in total. The number of carbonyl (C=O) groups excluding carboxylic acids is 1. The Hall–Kier alpha value is -1.88. The van der Waals surface area contributed by atoms with Crippen molar-refractivity contribution in [2.45, 2.75) is 37.2 Å². The van der Waals surface area contributed by atoms with Crippen LogP contribution in [0.1, 0.15) is 30.0 Å². The molecule has 5 heteroatoms. The van der Waals surface area contributed by atoms with Crippen LogP contribution >= 0.6 is 11.6 Å². The van der Waals surface area contributed by atoms with Crippen molar-refractivity contribution in [2.75, 3.05) is 13.2 Å². The molecule has 0 aliphatic carbocycles. The molecule has 134 valence electrons. The van der Waals surface area contributed by atoms with Gasteiger partial charge in [-0.3, -0.25) is 9.69 Å². The molecule has 26 heavy (non-hydrogen) atoms. The van der Waals surface area contributed by atoms with E-state index in [0.717, 1.165) is 35.7 Å². The molecule has 3 heterocycles. The molecule has 5 rings (SSSR count). The number of nitrogens with zero attached hydrogens (tertiary/aromatic N) is 2. The van der Waals surface area contributed by atoms with E-state index in [9.17, 15) is 4.79 Å². The quantitative estimate of drug-likeness (QED) is 0.829. The molecule has 3 saturated heterocycles. The van der Waals surface area contributed by atoms with Crippen molar-refractivity contribution in [2.24, 2.45) is 0 Å². The van der Waals surface area contributed by atoms with Gasteiger partial charge in [0.25, 0.3) is 0 Å². The van der Waals surface area contributed by atoms with Gasteiger partial charge in [-0.15, -0.1) is 0 Å². The van der Waals surface area contributed by atoms with Crippen molar-refractivity contribution in [3.8, 4) is 0 Å². The van der Waals surface area contributed by atoms with Gasteiger partial charge in [-0.1, -0.05) is 60.1 Å². The minimum atomic E-state index is -0.473. The second-order valence-electron chi connectivity index (χ2n) is 7.38. The second-order valence-corrected chi connectivity index (χ2v) is 7.79. The average Bonchev–Trinajstić information content (AvgIpc) is 3.28. The number of benzene rings is 2. The molecular weight excluding hydrogens is 348 g/mol. The first-order chi connectivity index (χ1) is 12.7. The van der Waals surface area contributed by atoms with E-state index in [1.54, 1.807) is 0 Å². The maximum atomic E-state index is 12.9. The van der Waals surface area contributed by atoms with Crippen LogP contribution in [-0.2, 0) is 16.1 Å². The first kappa shape index (κ1) is 16.3. The Morgan fingerprint density at radius 1 is 1.12 bits per heavy atom. The smallest absolute Gasteiger partial charge is 0.227 e. The van der Waals surface area contributed by atoms with E-state index in [4.69, 9.17) is 16.3 Å². The third kappa shape index (κ3) is 2.33. The fourth-order valence-corrected chi connectivity index (χ4v) is 5.08. The predicted octanol–water partition coefficient (Wildman–Crippen LogP) is 3.61. The summed E-state index contributed by atoms with van der Waals surface area (Å²) in [6, 6.07) is 18.3. The van der Waals surface area contributed by atoms with Gasteiger partial charge in [-0.05, 0) is 17.2 Å². The predicted molar refractivity (Wildman–Crippen MR) is 99.6 cm³/mol. The van der Waals surface area contributed by atoms with E-state index >= 15 is 0 Å². The highest BCUT2D eigenvalue weighted by Gasteiger charge is 2.64. The van der Waals surface area contributed by atoms with Crippen LogP contribution in [-0.4, -0.2) is 40.6 Å². The number of hydrogen-bond acceptors (Lipinski definition) is 3. The Labute approximate surface area is 158 Å². The molecule has 0 N–H and O–H groups in total. The van der Waals surface area contributed by atoms with Crippen molar-refractivity contribution in [3.05, 3.63) is 70.7 Å². The van der Waals surface area contributed by atoms with E-state index in [1.165, 1.54) is 0 Å². The molecule has 1 amide bonds. The average molecular weight is 369 g/mol. The summed E-state index contributed by atoms with van der Waals surface area (Å²) in [5, 5.41) is 0.782. The van der Waals surface area contributed by atoms with Gasteiger partial charge in [-0.2, -0.15) is 0 Å². The van der Waals surface area contributed by atoms with Crippen molar-refractivity contribution in [3.63, 3.8) is 0 Å². The minimum absolute atomic E-state index is 0.0222. The lowest BCUT2D eigenvalue weighted by molar-refractivity contribution is -0.138. The fraction of sp³-hybridized carbons (Fsp3) is 0.381. The Morgan fingerprint density at radius 3 is 2.69 bits per heavy atom. The van der Waals surface area contributed by atoms with E-state index in [0.29, 0.717) is 13.0 Å². The van der Waals surface area contributed by atoms with E-state index in [1.807, 2.05) is 41.3 Å². The molecular formula is C21H21ClN2O2. The van der Waals surface area contributed by atoms with Crippen molar-refractivity contribution >= 4 is 17.5 Å². The topological polar surface area (TPSA) is 32.8 Å². The van der Waals surface area contributed by atoms with Crippen molar-refractivity contribution in [1.82, 2.24) is 9.80 Å². The molecule has 1 spiro atoms.